The molecule has 0 aliphatic heterocycles. The fourth-order valence-electron chi connectivity index (χ4n) is 4.23. The van der Waals surface area contributed by atoms with Gasteiger partial charge in [-0.25, -0.2) is 0 Å². The standard InChI is InChI=1S/C25H32/c1-19(18-20-10-16-24(17-11-20)25(2,3)4)21-12-14-23(15-13-21)22-8-6-5-7-9-22/h5-9,12-15,20,24H,1,10-11,16-18H2,2-4H3. The van der Waals surface area contributed by atoms with Crippen molar-refractivity contribution in [3.63, 3.8) is 0 Å². The zero-order chi connectivity index (χ0) is 17.9. The third kappa shape index (κ3) is 4.63. The van der Waals surface area contributed by atoms with Crippen LogP contribution in [0, 0.1) is 17.3 Å². The van der Waals surface area contributed by atoms with E-state index in [9.17, 15) is 0 Å². The average Bonchev–Trinajstić information content (AvgIpc) is 2.62. The molecule has 0 bridgehead atoms. The predicted molar refractivity (Wildman–Crippen MR) is 110 cm³/mol. The Balaban J connectivity index is 1.57. The van der Waals surface area contributed by atoms with Crippen LogP contribution in [0.4, 0.5) is 0 Å². The van der Waals surface area contributed by atoms with Crippen LogP contribution in [0.5, 0.6) is 0 Å². The van der Waals surface area contributed by atoms with Crippen molar-refractivity contribution < 1.29 is 0 Å². The Kier molecular flexibility index (Phi) is 5.47. The first-order chi connectivity index (χ1) is 11.9. The highest BCUT2D eigenvalue weighted by Crippen LogP contribution is 2.42. The molecule has 1 fully saturated rings. The molecular formula is C25H32. The minimum Gasteiger partial charge on any atom is -0.0952 e. The molecule has 132 valence electrons. The van der Waals surface area contributed by atoms with Crippen LogP contribution in [0.1, 0.15) is 58.4 Å². The molecule has 1 saturated carbocycles. The number of hydrogen-bond acceptors (Lipinski definition) is 0. The zero-order valence-electron chi connectivity index (χ0n) is 16.1. The van der Waals surface area contributed by atoms with Gasteiger partial charge in [0.05, 0.1) is 0 Å². The summed E-state index contributed by atoms with van der Waals surface area (Å²) >= 11 is 0. The average molecular weight is 333 g/mol. The van der Waals surface area contributed by atoms with E-state index in [1.54, 1.807) is 0 Å². The van der Waals surface area contributed by atoms with Crippen molar-refractivity contribution in [3.8, 4) is 11.1 Å². The van der Waals surface area contributed by atoms with Gasteiger partial charge in [-0.1, -0.05) is 81.9 Å². The maximum Gasteiger partial charge on any atom is -0.0184 e. The van der Waals surface area contributed by atoms with Crippen molar-refractivity contribution in [2.75, 3.05) is 0 Å². The van der Waals surface area contributed by atoms with Gasteiger partial charge < -0.3 is 0 Å². The Hall–Kier alpha value is -1.82. The monoisotopic (exact) mass is 332 g/mol. The molecule has 0 N–H and O–H groups in total. The summed E-state index contributed by atoms with van der Waals surface area (Å²) < 4.78 is 0. The smallest absolute Gasteiger partial charge is 0.0184 e. The van der Waals surface area contributed by atoms with Gasteiger partial charge in [-0.15, -0.1) is 0 Å². The molecule has 0 aromatic heterocycles. The van der Waals surface area contributed by atoms with Gasteiger partial charge in [0, 0.05) is 0 Å². The summed E-state index contributed by atoms with van der Waals surface area (Å²) in [6, 6.07) is 19.5. The third-order valence-electron chi connectivity index (χ3n) is 6.01. The van der Waals surface area contributed by atoms with E-state index in [-0.39, 0.29) is 0 Å². The molecule has 0 amide bonds. The Morgan fingerprint density at radius 1 is 0.840 bits per heavy atom. The number of hydrogen-bond donors (Lipinski definition) is 0. The van der Waals surface area contributed by atoms with Crippen molar-refractivity contribution >= 4 is 5.57 Å². The van der Waals surface area contributed by atoms with Crippen molar-refractivity contribution in [2.45, 2.75) is 52.9 Å². The van der Waals surface area contributed by atoms with Gasteiger partial charge in [-0.3, -0.25) is 0 Å². The van der Waals surface area contributed by atoms with Crippen molar-refractivity contribution in [3.05, 3.63) is 66.7 Å². The Morgan fingerprint density at radius 2 is 1.40 bits per heavy atom. The van der Waals surface area contributed by atoms with Gasteiger partial charge >= 0.3 is 0 Å². The van der Waals surface area contributed by atoms with Crippen LogP contribution in [0.2, 0.25) is 0 Å². The summed E-state index contributed by atoms with van der Waals surface area (Å²) in [5, 5.41) is 0. The molecule has 0 radical (unpaired) electrons. The summed E-state index contributed by atoms with van der Waals surface area (Å²) in [6.45, 7) is 11.6. The Morgan fingerprint density at radius 3 is 1.96 bits per heavy atom. The Bertz CT molecular complexity index is 677. The number of benzene rings is 2. The minimum absolute atomic E-state index is 0.468. The van der Waals surface area contributed by atoms with Crippen LogP contribution in [-0.2, 0) is 0 Å². The summed E-state index contributed by atoms with van der Waals surface area (Å²) in [4.78, 5) is 0. The van der Waals surface area contributed by atoms with Gasteiger partial charge in [-0.05, 0) is 71.6 Å². The van der Waals surface area contributed by atoms with Gasteiger partial charge in [0.2, 0.25) is 0 Å². The molecule has 2 aromatic carbocycles. The van der Waals surface area contributed by atoms with E-state index in [2.05, 4.69) is 81.9 Å². The normalized spacial score (nSPS) is 21.1. The lowest BCUT2D eigenvalue weighted by Gasteiger charge is -2.37. The second-order valence-electron chi connectivity index (χ2n) is 8.83. The van der Waals surface area contributed by atoms with Crippen LogP contribution in [0.3, 0.4) is 0 Å². The summed E-state index contributed by atoms with van der Waals surface area (Å²) in [5.41, 5.74) is 5.63. The minimum atomic E-state index is 0.468. The SMILES string of the molecule is C=C(CC1CCC(C(C)(C)C)CC1)c1ccc(-c2ccccc2)cc1. The first kappa shape index (κ1) is 18.0. The molecular weight excluding hydrogens is 300 g/mol. The first-order valence-corrected chi connectivity index (χ1v) is 9.77. The van der Waals surface area contributed by atoms with E-state index in [0.717, 1.165) is 18.3 Å². The van der Waals surface area contributed by atoms with Crippen LogP contribution in [-0.4, -0.2) is 0 Å². The van der Waals surface area contributed by atoms with Gasteiger partial charge in [0.25, 0.3) is 0 Å². The molecule has 1 aliphatic rings. The molecule has 0 atom stereocenters. The van der Waals surface area contributed by atoms with Crippen molar-refractivity contribution in [1.82, 2.24) is 0 Å². The van der Waals surface area contributed by atoms with E-state index in [4.69, 9.17) is 0 Å². The van der Waals surface area contributed by atoms with E-state index < -0.39 is 0 Å². The van der Waals surface area contributed by atoms with Crippen molar-refractivity contribution in [2.24, 2.45) is 17.3 Å². The maximum absolute atomic E-state index is 4.39. The van der Waals surface area contributed by atoms with E-state index in [0.29, 0.717) is 5.41 Å². The fourth-order valence-corrected chi connectivity index (χ4v) is 4.23. The molecule has 2 aromatic rings. The highest BCUT2D eigenvalue weighted by molar-refractivity contribution is 5.69. The third-order valence-corrected chi connectivity index (χ3v) is 6.01. The van der Waals surface area contributed by atoms with Gasteiger partial charge in [0.1, 0.15) is 0 Å². The number of rotatable bonds is 4. The summed E-state index contributed by atoms with van der Waals surface area (Å²) in [7, 11) is 0. The van der Waals surface area contributed by atoms with Gasteiger partial charge in [0.15, 0.2) is 0 Å². The number of allylic oxidation sites excluding steroid dienone is 1. The highest BCUT2D eigenvalue weighted by atomic mass is 14.3. The second kappa shape index (κ2) is 7.60. The second-order valence-corrected chi connectivity index (χ2v) is 8.83. The molecule has 0 unspecified atom stereocenters. The lowest BCUT2D eigenvalue weighted by molar-refractivity contribution is 0.151. The van der Waals surface area contributed by atoms with E-state index >= 15 is 0 Å². The molecule has 0 spiro atoms. The molecule has 0 saturated heterocycles. The molecule has 3 rings (SSSR count). The predicted octanol–water partition coefficient (Wildman–Crippen LogP) is 7.61. The maximum atomic E-state index is 4.39. The summed E-state index contributed by atoms with van der Waals surface area (Å²) in [5.74, 6) is 1.71. The first-order valence-electron chi connectivity index (χ1n) is 9.77. The summed E-state index contributed by atoms with van der Waals surface area (Å²) in [6.07, 6.45) is 6.65. The molecule has 25 heavy (non-hydrogen) atoms. The van der Waals surface area contributed by atoms with Crippen LogP contribution < -0.4 is 0 Å². The van der Waals surface area contributed by atoms with Gasteiger partial charge in [-0.2, -0.15) is 0 Å². The largest absolute Gasteiger partial charge is 0.0952 e. The quantitative estimate of drug-likeness (QED) is 0.540. The van der Waals surface area contributed by atoms with Crippen LogP contribution in [0.15, 0.2) is 61.2 Å². The fraction of sp³-hybridized carbons (Fsp3) is 0.440. The highest BCUT2D eigenvalue weighted by Gasteiger charge is 2.29. The van der Waals surface area contributed by atoms with Crippen LogP contribution in [0.25, 0.3) is 16.7 Å². The van der Waals surface area contributed by atoms with E-state index in [1.165, 1.54) is 47.9 Å². The molecule has 1 aliphatic carbocycles. The molecule has 0 heteroatoms. The Labute approximate surface area is 154 Å². The molecule has 0 nitrogen and oxygen atoms in total. The lowest BCUT2D eigenvalue weighted by Crippen LogP contribution is -2.25. The lowest BCUT2D eigenvalue weighted by atomic mass is 9.69. The zero-order valence-corrected chi connectivity index (χ0v) is 16.1. The topological polar surface area (TPSA) is 0 Å². The molecule has 0 heterocycles. The van der Waals surface area contributed by atoms with E-state index in [1.807, 2.05) is 0 Å². The van der Waals surface area contributed by atoms with Crippen LogP contribution >= 0.6 is 0 Å². The van der Waals surface area contributed by atoms with Crippen molar-refractivity contribution in [1.29, 1.82) is 0 Å².